The lowest BCUT2D eigenvalue weighted by Crippen LogP contribution is -2.29. The first-order valence-corrected chi connectivity index (χ1v) is 7.78. The van der Waals surface area contributed by atoms with Crippen LogP contribution in [0, 0.1) is 10.1 Å². The van der Waals surface area contributed by atoms with Crippen LogP contribution in [0.2, 0.25) is 5.02 Å². The van der Waals surface area contributed by atoms with Gasteiger partial charge in [-0.25, -0.2) is 0 Å². The van der Waals surface area contributed by atoms with Crippen LogP contribution in [0.25, 0.3) is 0 Å². The minimum atomic E-state index is -0.690. The van der Waals surface area contributed by atoms with Crippen LogP contribution in [-0.4, -0.2) is 10.8 Å². The van der Waals surface area contributed by atoms with Crippen molar-refractivity contribution in [2.75, 3.05) is 0 Å². The Balaban J connectivity index is 1.90. The molecule has 0 aliphatic rings. The van der Waals surface area contributed by atoms with E-state index in [4.69, 9.17) is 16.0 Å². The quantitative estimate of drug-likeness (QED) is 0.543. The van der Waals surface area contributed by atoms with E-state index >= 15 is 0 Å². The Morgan fingerprint density at radius 3 is 2.24 bits per heavy atom. The topological polar surface area (TPSA) is 85.4 Å². The second kappa shape index (κ2) is 7.19. The first-order chi connectivity index (χ1) is 12.0. The zero-order chi connectivity index (χ0) is 17.8. The maximum absolute atomic E-state index is 12.5. The number of halogens is 1. The van der Waals surface area contributed by atoms with Gasteiger partial charge in [0.2, 0.25) is 0 Å². The molecule has 1 unspecified atom stereocenters. The predicted molar refractivity (Wildman–Crippen MR) is 92.6 cm³/mol. The van der Waals surface area contributed by atoms with Gasteiger partial charge in [-0.3, -0.25) is 14.9 Å². The van der Waals surface area contributed by atoms with Gasteiger partial charge in [0.05, 0.1) is 12.1 Å². The average Bonchev–Trinajstić information content (AvgIpc) is 3.12. The Bertz CT molecular complexity index is 891. The molecule has 0 radical (unpaired) electrons. The van der Waals surface area contributed by atoms with Crippen molar-refractivity contribution in [3.63, 3.8) is 0 Å². The lowest BCUT2D eigenvalue weighted by Gasteiger charge is -2.19. The number of carbonyl (C=O) groups is 1. The summed E-state index contributed by atoms with van der Waals surface area (Å²) in [5.74, 6) is -1.15. The van der Waals surface area contributed by atoms with E-state index in [-0.39, 0.29) is 5.76 Å². The van der Waals surface area contributed by atoms with Crippen molar-refractivity contribution < 1.29 is 14.1 Å². The van der Waals surface area contributed by atoms with Crippen molar-refractivity contribution >= 4 is 23.4 Å². The van der Waals surface area contributed by atoms with E-state index in [9.17, 15) is 14.9 Å². The summed E-state index contributed by atoms with van der Waals surface area (Å²) < 4.78 is 4.97. The Kier molecular flexibility index (Phi) is 4.81. The molecule has 1 aromatic heterocycles. The van der Waals surface area contributed by atoms with Gasteiger partial charge in [0.15, 0.2) is 5.76 Å². The maximum atomic E-state index is 12.5. The lowest BCUT2D eigenvalue weighted by atomic mass is 9.98. The third kappa shape index (κ3) is 3.87. The number of furan rings is 1. The molecular weight excluding hydrogens is 344 g/mol. The van der Waals surface area contributed by atoms with Gasteiger partial charge >= 0.3 is 5.88 Å². The summed E-state index contributed by atoms with van der Waals surface area (Å²) in [5, 5.41) is 14.1. The van der Waals surface area contributed by atoms with Crippen molar-refractivity contribution in [1.29, 1.82) is 0 Å². The molecule has 1 atom stereocenters. The highest BCUT2D eigenvalue weighted by Gasteiger charge is 2.22. The normalized spacial score (nSPS) is 11.7. The van der Waals surface area contributed by atoms with E-state index in [1.807, 2.05) is 42.5 Å². The summed E-state index contributed by atoms with van der Waals surface area (Å²) >= 11 is 5.93. The number of hydrogen-bond acceptors (Lipinski definition) is 4. The number of amides is 1. The Morgan fingerprint density at radius 1 is 1.00 bits per heavy atom. The smallest absolute Gasteiger partial charge is 0.395 e. The van der Waals surface area contributed by atoms with Crippen molar-refractivity contribution in [3.8, 4) is 0 Å². The molecular formula is C18H13ClN2O4. The minimum absolute atomic E-state index is 0.124. The van der Waals surface area contributed by atoms with Crippen molar-refractivity contribution in [1.82, 2.24) is 5.32 Å². The molecule has 126 valence electrons. The highest BCUT2D eigenvalue weighted by Crippen LogP contribution is 2.25. The third-order valence-electron chi connectivity index (χ3n) is 3.61. The lowest BCUT2D eigenvalue weighted by molar-refractivity contribution is -0.402. The molecule has 0 aliphatic carbocycles. The van der Waals surface area contributed by atoms with Crippen LogP contribution in [0.1, 0.15) is 27.7 Å². The molecule has 0 spiro atoms. The first-order valence-electron chi connectivity index (χ1n) is 7.40. The van der Waals surface area contributed by atoms with Crippen molar-refractivity contribution in [2.24, 2.45) is 0 Å². The van der Waals surface area contributed by atoms with Crippen LogP contribution in [0.15, 0.2) is 71.1 Å². The van der Waals surface area contributed by atoms with E-state index in [0.717, 1.165) is 17.2 Å². The number of benzene rings is 2. The second-order valence-corrected chi connectivity index (χ2v) is 5.70. The summed E-state index contributed by atoms with van der Waals surface area (Å²) in [5.41, 5.74) is 1.68. The molecule has 1 amide bonds. The van der Waals surface area contributed by atoms with Crippen LogP contribution in [0.4, 0.5) is 5.88 Å². The molecule has 0 saturated heterocycles. The van der Waals surface area contributed by atoms with E-state index in [1.165, 1.54) is 6.07 Å². The molecule has 3 aromatic rings. The van der Waals surface area contributed by atoms with Crippen LogP contribution in [-0.2, 0) is 0 Å². The molecule has 2 aromatic carbocycles. The molecule has 1 N–H and O–H groups in total. The summed E-state index contributed by atoms with van der Waals surface area (Å²) in [4.78, 5) is 22.5. The maximum Gasteiger partial charge on any atom is 0.433 e. The van der Waals surface area contributed by atoms with Gasteiger partial charge in [-0.1, -0.05) is 54.1 Å². The molecule has 0 aliphatic heterocycles. The van der Waals surface area contributed by atoms with Gasteiger partial charge in [0, 0.05) is 5.02 Å². The number of nitrogens with zero attached hydrogens (tertiary/aromatic N) is 1. The van der Waals surface area contributed by atoms with Gasteiger partial charge < -0.3 is 9.73 Å². The highest BCUT2D eigenvalue weighted by molar-refractivity contribution is 6.30. The number of nitrogens with one attached hydrogen (secondary N) is 1. The fraction of sp³-hybridized carbons (Fsp3) is 0.0556. The monoisotopic (exact) mass is 356 g/mol. The molecule has 0 bridgehead atoms. The van der Waals surface area contributed by atoms with E-state index in [1.54, 1.807) is 12.1 Å². The number of nitro groups is 1. The van der Waals surface area contributed by atoms with Gasteiger partial charge in [-0.15, -0.1) is 0 Å². The zero-order valence-corrected chi connectivity index (χ0v) is 13.6. The molecule has 0 saturated carbocycles. The van der Waals surface area contributed by atoms with Crippen LogP contribution in [0.3, 0.4) is 0 Å². The summed E-state index contributed by atoms with van der Waals surface area (Å²) in [7, 11) is 0. The first kappa shape index (κ1) is 16.7. The number of rotatable bonds is 5. The predicted octanol–water partition coefficient (Wildman–Crippen LogP) is 4.36. The molecule has 0 fully saturated rings. The molecule has 1 heterocycles. The number of hydrogen-bond donors (Lipinski definition) is 1. The third-order valence-corrected chi connectivity index (χ3v) is 3.86. The molecule has 7 heteroatoms. The van der Waals surface area contributed by atoms with Crippen molar-refractivity contribution in [3.05, 3.63) is 98.8 Å². The van der Waals surface area contributed by atoms with E-state index < -0.39 is 22.8 Å². The molecule has 3 rings (SSSR count). The Hall–Kier alpha value is -3.12. The Labute approximate surface area is 148 Å². The van der Waals surface area contributed by atoms with Gasteiger partial charge in [0.25, 0.3) is 5.91 Å². The van der Waals surface area contributed by atoms with Crippen LogP contribution < -0.4 is 5.32 Å². The van der Waals surface area contributed by atoms with Crippen LogP contribution >= 0.6 is 11.6 Å². The number of carbonyl (C=O) groups excluding carboxylic acids is 1. The summed E-state index contributed by atoms with van der Waals surface area (Å²) in [6.07, 6.45) is 0. The zero-order valence-electron chi connectivity index (χ0n) is 12.9. The molecule has 6 nitrogen and oxygen atoms in total. The fourth-order valence-electron chi connectivity index (χ4n) is 2.41. The second-order valence-electron chi connectivity index (χ2n) is 5.26. The van der Waals surface area contributed by atoms with Gasteiger partial charge in [0.1, 0.15) is 4.92 Å². The van der Waals surface area contributed by atoms with Gasteiger partial charge in [-0.05, 0) is 29.3 Å². The minimum Gasteiger partial charge on any atom is -0.395 e. The van der Waals surface area contributed by atoms with Gasteiger partial charge in [-0.2, -0.15) is 0 Å². The summed E-state index contributed by atoms with van der Waals surface area (Å²) in [6.45, 7) is 0. The van der Waals surface area contributed by atoms with Crippen molar-refractivity contribution in [2.45, 2.75) is 6.04 Å². The SMILES string of the molecule is O=C(NC(c1ccccc1)c1ccc(Cl)cc1)c1ccc([N+](=O)[O-])o1. The standard InChI is InChI=1S/C18H13ClN2O4/c19-14-8-6-13(7-9-14)17(12-4-2-1-3-5-12)20-18(22)15-10-11-16(25-15)21(23)24/h1-11,17H,(H,20,22). The van der Waals surface area contributed by atoms with E-state index in [0.29, 0.717) is 5.02 Å². The molecule has 25 heavy (non-hydrogen) atoms. The fourth-order valence-corrected chi connectivity index (χ4v) is 2.54. The summed E-state index contributed by atoms with van der Waals surface area (Å²) in [6, 6.07) is 18.4. The largest absolute Gasteiger partial charge is 0.433 e. The van der Waals surface area contributed by atoms with E-state index in [2.05, 4.69) is 5.32 Å². The van der Waals surface area contributed by atoms with Crippen LogP contribution in [0.5, 0.6) is 0 Å². The highest BCUT2D eigenvalue weighted by atomic mass is 35.5. The average molecular weight is 357 g/mol. The Morgan fingerprint density at radius 2 is 1.64 bits per heavy atom.